The fraction of sp³-hybridized carbons (Fsp3) is 1.00. The lowest BCUT2D eigenvalue weighted by molar-refractivity contribution is 0.0516. The van der Waals surface area contributed by atoms with E-state index >= 15 is 0 Å². The van der Waals surface area contributed by atoms with Crippen LogP contribution >= 0.6 is 0 Å². The Morgan fingerprint density at radius 1 is 1.27 bits per heavy atom. The van der Waals surface area contributed by atoms with Gasteiger partial charge in [-0.05, 0) is 5.18 Å². The van der Waals surface area contributed by atoms with E-state index in [1.807, 2.05) is 0 Å². The van der Waals surface area contributed by atoms with E-state index in [1.54, 1.807) is 0 Å². The van der Waals surface area contributed by atoms with Crippen molar-refractivity contribution in [3.63, 3.8) is 0 Å². The molecule has 0 aromatic carbocycles. The summed E-state index contributed by atoms with van der Waals surface area (Å²) in [6.07, 6.45) is 0. The predicted octanol–water partition coefficient (Wildman–Crippen LogP) is -0.793. The monoisotopic (exact) mass is 163 g/mol. The summed E-state index contributed by atoms with van der Waals surface area (Å²) in [7, 11) is 0. The molecule has 0 aliphatic rings. The molecule has 0 spiro atoms. The molecule has 6 heteroatoms. The first-order chi connectivity index (χ1) is 5.41. The van der Waals surface area contributed by atoms with Gasteiger partial charge in [0.05, 0.1) is 19.8 Å². The molecule has 0 aliphatic heterocycles. The summed E-state index contributed by atoms with van der Waals surface area (Å²) in [6, 6.07) is 0. The molecule has 11 heavy (non-hydrogen) atoms. The van der Waals surface area contributed by atoms with Crippen LogP contribution in [0.5, 0.6) is 0 Å². The second kappa shape index (κ2) is 9.44. The largest absolute Gasteiger partial charge is 0.378 e. The van der Waals surface area contributed by atoms with Crippen molar-refractivity contribution in [2.75, 3.05) is 33.1 Å². The molecule has 0 aromatic rings. The van der Waals surface area contributed by atoms with Crippen LogP contribution in [0.4, 0.5) is 0 Å². The van der Waals surface area contributed by atoms with E-state index in [2.05, 4.69) is 10.6 Å². The highest BCUT2D eigenvalue weighted by Crippen LogP contribution is 1.77. The van der Waals surface area contributed by atoms with Crippen LogP contribution in [0.2, 0.25) is 0 Å². The molecular formula is C5H13N3O3. The van der Waals surface area contributed by atoms with Crippen LogP contribution in [-0.2, 0) is 9.47 Å². The summed E-state index contributed by atoms with van der Waals surface area (Å²) in [5.41, 5.74) is 2.44. The van der Waals surface area contributed by atoms with Crippen LogP contribution < -0.4 is 11.3 Å². The standard InChI is InChI=1S/C5H13N3O3/c6-7-1-2-10-3-4-11-5-8-9/h7H,1-6H2. The third-order valence-electron chi connectivity index (χ3n) is 0.907. The average Bonchev–Trinajstić information content (AvgIpc) is 2.03. The van der Waals surface area contributed by atoms with Crippen molar-refractivity contribution < 1.29 is 9.47 Å². The molecule has 0 fully saturated rings. The van der Waals surface area contributed by atoms with Crippen LogP contribution in [0.15, 0.2) is 5.18 Å². The van der Waals surface area contributed by atoms with Gasteiger partial charge in [0.1, 0.15) is 0 Å². The Labute approximate surface area is 65.0 Å². The van der Waals surface area contributed by atoms with Crippen LogP contribution in [0.25, 0.3) is 0 Å². The minimum absolute atomic E-state index is 0.113. The lowest BCUT2D eigenvalue weighted by Gasteiger charge is -2.01. The first-order valence-corrected chi connectivity index (χ1v) is 3.30. The predicted molar refractivity (Wildman–Crippen MR) is 39.6 cm³/mol. The molecule has 0 heterocycles. The maximum atomic E-state index is 9.50. The van der Waals surface area contributed by atoms with Gasteiger partial charge in [-0.15, -0.1) is 4.91 Å². The zero-order valence-corrected chi connectivity index (χ0v) is 6.28. The Morgan fingerprint density at radius 2 is 2.00 bits per heavy atom. The summed E-state index contributed by atoms with van der Waals surface area (Å²) in [5.74, 6) is 4.97. The first kappa shape index (κ1) is 10.4. The molecule has 0 aliphatic carbocycles. The number of nitroso groups, excluding NO2 is 1. The number of hydrogen-bond donors (Lipinski definition) is 2. The molecule has 6 nitrogen and oxygen atoms in total. The van der Waals surface area contributed by atoms with Gasteiger partial charge in [0.25, 0.3) is 0 Å². The second-order valence-electron chi connectivity index (χ2n) is 1.73. The Kier molecular flexibility index (Phi) is 8.96. The molecule has 0 amide bonds. The SMILES string of the molecule is NNCCOCCOCN=O. The van der Waals surface area contributed by atoms with E-state index in [0.717, 1.165) is 0 Å². The summed E-state index contributed by atoms with van der Waals surface area (Å²) < 4.78 is 9.72. The minimum atomic E-state index is -0.113. The van der Waals surface area contributed by atoms with Gasteiger partial charge in [-0.3, -0.25) is 11.3 Å². The molecule has 0 aromatic heterocycles. The lowest BCUT2D eigenvalue weighted by Crippen LogP contribution is -2.26. The third kappa shape index (κ3) is 9.44. The smallest absolute Gasteiger partial charge is 0.179 e. The van der Waals surface area contributed by atoms with E-state index in [4.69, 9.17) is 15.3 Å². The van der Waals surface area contributed by atoms with Crippen LogP contribution in [0.1, 0.15) is 0 Å². The van der Waals surface area contributed by atoms with E-state index in [1.165, 1.54) is 0 Å². The van der Waals surface area contributed by atoms with E-state index in [-0.39, 0.29) is 6.73 Å². The number of rotatable bonds is 8. The van der Waals surface area contributed by atoms with Crippen molar-refractivity contribution in [1.29, 1.82) is 0 Å². The minimum Gasteiger partial charge on any atom is -0.378 e. The van der Waals surface area contributed by atoms with Crippen molar-refractivity contribution in [3.05, 3.63) is 4.91 Å². The average molecular weight is 163 g/mol. The number of nitrogens with zero attached hydrogens (tertiary/aromatic N) is 1. The van der Waals surface area contributed by atoms with E-state index in [9.17, 15) is 4.91 Å². The molecular weight excluding hydrogens is 150 g/mol. The summed E-state index contributed by atoms with van der Waals surface area (Å²) in [5, 5.41) is 2.51. The zero-order valence-electron chi connectivity index (χ0n) is 6.28. The zero-order chi connectivity index (χ0) is 8.36. The molecule has 0 saturated carbocycles. The normalized spacial score (nSPS) is 9.91. The highest BCUT2D eigenvalue weighted by atomic mass is 16.5. The molecule has 0 rings (SSSR count). The third-order valence-corrected chi connectivity index (χ3v) is 0.907. The van der Waals surface area contributed by atoms with Gasteiger partial charge in [0.15, 0.2) is 6.73 Å². The molecule has 0 atom stereocenters. The van der Waals surface area contributed by atoms with Gasteiger partial charge in [-0.2, -0.15) is 0 Å². The van der Waals surface area contributed by atoms with Crippen molar-refractivity contribution in [3.8, 4) is 0 Å². The number of ether oxygens (including phenoxy) is 2. The Hall–Kier alpha value is -0.560. The van der Waals surface area contributed by atoms with E-state index < -0.39 is 0 Å². The van der Waals surface area contributed by atoms with Gasteiger partial charge in [0.2, 0.25) is 0 Å². The maximum Gasteiger partial charge on any atom is 0.179 e. The number of nitrogens with one attached hydrogen (secondary N) is 1. The van der Waals surface area contributed by atoms with Gasteiger partial charge < -0.3 is 9.47 Å². The van der Waals surface area contributed by atoms with Crippen LogP contribution in [0.3, 0.4) is 0 Å². The highest BCUT2D eigenvalue weighted by molar-refractivity contribution is 4.34. The van der Waals surface area contributed by atoms with Crippen molar-refractivity contribution in [2.24, 2.45) is 11.0 Å². The molecule has 0 radical (unpaired) electrons. The second-order valence-corrected chi connectivity index (χ2v) is 1.73. The molecule has 0 unspecified atom stereocenters. The fourth-order valence-electron chi connectivity index (χ4n) is 0.453. The first-order valence-electron chi connectivity index (χ1n) is 3.30. The summed E-state index contributed by atoms with van der Waals surface area (Å²) in [6.45, 7) is 1.87. The van der Waals surface area contributed by atoms with Gasteiger partial charge in [0, 0.05) is 6.54 Å². The van der Waals surface area contributed by atoms with Gasteiger partial charge in [-0.1, -0.05) is 0 Å². The fourth-order valence-corrected chi connectivity index (χ4v) is 0.453. The summed E-state index contributed by atoms with van der Waals surface area (Å²) >= 11 is 0. The maximum absolute atomic E-state index is 9.50. The molecule has 0 saturated heterocycles. The Morgan fingerprint density at radius 3 is 2.64 bits per heavy atom. The summed E-state index contributed by atoms with van der Waals surface area (Å²) in [4.78, 5) is 9.50. The van der Waals surface area contributed by atoms with Gasteiger partial charge >= 0.3 is 0 Å². The van der Waals surface area contributed by atoms with Gasteiger partial charge in [-0.25, -0.2) is 0 Å². The Bertz CT molecular complexity index is 91.0. The number of nitrogens with two attached hydrogens (primary N) is 1. The number of hydrogen-bond acceptors (Lipinski definition) is 6. The topological polar surface area (TPSA) is 85.9 Å². The Balaban J connectivity index is 2.74. The number of hydrazine groups is 1. The van der Waals surface area contributed by atoms with Crippen molar-refractivity contribution in [1.82, 2.24) is 5.43 Å². The molecule has 0 bridgehead atoms. The molecule has 66 valence electrons. The molecule has 3 N–H and O–H groups in total. The lowest BCUT2D eigenvalue weighted by atomic mass is 10.7. The quantitative estimate of drug-likeness (QED) is 0.212. The van der Waals surface area contributed by atoms with Crippen LogP contribution in [0, 0.1) is 4.91 Å². The van der Waals surface area contributed by atoms with Crippen LogP contribution in [-0.4, -0.2) is 33.1 Å². The highest BCUT2D eigenvalue weighted by Gasteiger charge is 1.87. The van der Waals surface area contributed by atoms with E-state index in [0.29, 0.717) is 26.4 Å². The van der Waals surface area contributed by atoms with Crippen molar-refractivity contribution >= 4 is 0 Å². The van der Waals surface area contributed by atoms with Crippen molar-refractivity contribution in [2.45, 2.75) is 0 Å².